The second-order valence-electron chi connectivity index (χ2n) is 7.37. The van der Waals surface area contributed by atoms with Gasteiger partial charge in [0.25, 0.3) is 0 Å². The molecule has 0 rings (SSSR count). The third-order valence-corrected chi connectivity index (χ3v) is 4.63. The van der Waals surface area contributed by atoms with Gasteiger partial charge in [0.1, 0.15) is 6.04 Å². The molecule has 0 radical (unpaired) electrons. The molecule has 0 aromatic heterocycles. The standard InChI is InChI=1S/C23H39NO5/c1-2-3-4-5-6-7-8-9-10-11-12-13-14-15-16-17-21(25)24-20(23(28)29)18-19-22(26)27/h6-7,9-10,20H,2-5,8,11-19H2,1H3,(H,24,25)(H,26,27)(H,28,29)/b7-6-,10-9-. The van der Waals surface area contributed by atoms with Gasteiger partial charge in [-0.05, 0) is 44.9 Å². The Labute approximate surface area is 175 Å². The van der Waals surface area contributed by atoms with E-state index in [9.17, 15) is 14.4 Å². The van der Waals surface area contributed by atoms with Gasteiger partial charge in [0.15, 0.2) is 0 Å². The third-order valence-electron chi connectivity index (χ3n) is 4.63. The minimum Gasteiger partial charge on any atom is -0.481 e. The molecule has 0 aromatic rings. The molecule has 0 saturated carbocycles. The molecule has 6 heteroatoms. The first kappa shape index (κ1) is 26.9. The smallest absolute Gasteiger partial charge is 0.326 e. The van der Waals surface area contributed by atoms with Crippen molar-refractivity contribution in [1.29, 1.82) is 0 Å². The quantitative estimate of drug-likeness (QED) is 0.200. The maximum atomic E-state index is 11.8. The van der Waals surface area contributed by atoms with Crippen molar-refractivity contribution in [3.8, 4) is 0 Å². The first-order valence-corrected chi connectivity index (χ1v) is 11.0. The van der Waals surface area contributed by atoms with Crippen LogP contribution in [0.3, 0.4) is 0 Å². The van der Waals surface area contributed by atoms with Crippen molar-refractivity contribution in [2.75, 3.05) is 0 Å². The molecule has 1 atom stereocenters. The van der Waals surface area contributed by atoms with Crippen LogP contribution in [0.1, 0.15) is 96.8 Å². The number of hydrogen-bond donors (Lipinski definition) is 3. The largest absolute Gasteiger partial charge is 0.481 e. The third kappa shape index (κ3) is 19.0. The predicted molar refractivity (Wildman–Crippen MR) is 116 cm³/mol. The van der Waals surface area contributed by atoms with Crippen molar-refractivity contribution in [3.05, 3.63) is 24.3 Å². The molecular weight excluding hydrogens is 370 g/mol. The minimum atomic E-state index is -1.19. The van der Waals surface area contributed by atoms with Crippen molar-refractivity contribution in [1.82, 2.24) is 5.32 Å². The molecule has 0 saturated heterocycles. The zero-order chi connectivity index (χ0) is 21.7. The maximum absolute atomic E-state index is 11.8. The van der Waals surface area contributed by atoms with Gasteiger partial charge >= 0.3 is 11.9 Å². The Morgan fingerprint density at radius 1 is 0.793 bits per heavy atom. The average molecular weight is 410 g/mol. The zero-order valence-corrected chi connectivity index (χ0v) is 17.9. The highest BCUT2D eigenvalue weighted by atomic mass is 16.4. The van der Waals surface area contributed by atoms with E-state index >= 15 is 0 Å². The van der Waals surface area contributed by atoms with Gasteiger partial charge in [0.2, 0.25) is 5.91 Å². The Balaban J connectivity index is 3.61. The van der Waals surface area contributed by atoms with Crippen molar-refractivity contribution in [2.24, 2.45) is 0 Å². The van der Waals surface area contributed by atoms with Crippen molar-refractivity contribution >= 4 is 17.8 Å². The molecule has 0 aliphatic rings. The highest BCUT2D eigenvalue weighted by molar-refractivity contribution is 5.83. The Hall–Kier alpha value is -2.11. The van der Waals surface area contributed by atoms with Crippen LogP contribution >= 0.6 is 0 Å². The second kappa shape index (κ2) is 19.2. The molecule has 0 aliphatic carbocycles. The number of rotatable bonds is 19. The van der Waals surface area contributed by atoms with E-state index in [0.29, 0.717) is 0 Å². The van der Waals surface area contributed by atoms with Crippen LogP contribution in [0.25, 0.3) is 0 Å². The van der Waals surface area contributed by atoms with Crippen molar-refractivity contribution in [2.45, 2.75) is 103 Å². The van der Waals surface area contributed by atoms with Crippen LogP contribution in [0.2, 0.25) is 0 Å². The molecule has 0 heterocycles. The lowest BCUT2D eigenvalue weighted by Crippen LogP contribution is -2.41. The summed E-state index contributed by atoms with van der Waals surface area (Å²) in [5.41, 5.74) is 0. The summed E-state index contributed by atoms with van der Waals surface area (Å²) in [5.74, 6) is -2.59. The van der Waals surface area contributed by atoms with Crippen LogP contribution in [0.4, 0.5) is 0 Å². The van der Waals surface area contributed by atoms with Crippen LogP contribution in [-0.4, -0.2) is 34.1 Å². The number of carboxylic acids is 2. The Morgan fingerprint density at radius 2 is 1.38 bits per heavy atom. The zero-order valence-electron chi connectivity index (χ0n) is 17.9. The van der Waals surface area contributed by atoms with Crippen LogP contribution < -0.4 is 5.32 Å². The van der Waals surface area contributed by atoms with Crippen molar-refractivity contribution in [3.63, 3.8) is 0 Å². The molecule has 0 aromatic carbocycles. The molecule has 0 aliphatic heterocycles. The lowest BCUT2D eigenvalue weighted by atomic mass is 10.1. The Bertz CT molecular complexity index is 513. The summed E-state index contributed by atoms with van der Waals surface area (Å²) in [5, 5.41) is 20.0. The summed E-state index contributed by atoms with van der Waals surface area (Å²) in [6, 6.07) is -1.13. The van der Waals surface area contributed by atoms with E-state index < -0.39 is 18.0 Å². The summed E-state index contributed by atoms with van der Waals surface area (Å²) in [6.45, 7) is 2.22. The molecule has 1 amide bonds. The number of nitrogens with one attached hydrogen (secondary N) is 1. The summed E-state index contributed by atoms with van der Waals surface area (Å²) in [6.07, 6.45) is 20.9. The number of aliphatic carboxylic acids is 2. The number of carbonyl (C=O) groups is 3. The fourth-order valence-corrected chi connectivity index (χ4v) is 2.89. The lowest BCUT2D eigenvalue weighted by Gasteiger charge is -2.13. The van der Waals surface area contributed by atoms with E-state index in [4.69, 9.17) is 10.2 Å². The fourth-order valence-electron chi connectivity index (χ4n) is 2.89. The first-order valence-electron chi connectivity index (χ1n) is 11.0. The van der Waals surface area contributed by atoms with Crippen LogP contribution in [-0.2, 0) is 14.4 Å². The van der Waals surface area contributed by atoms with E-state index in [2.05, 4.69) is 36.5 Å². The van der Waals surface area contributed by atoms with Crippen LogP contribution in [0.15, 0.2) is 24.3 Å². The summed E-state index contributed by atoms with van der Waals surface area (Å²) < 4.78 is 0. The van der Waals surface area contributed by atoms with E-state index in [-0.39, 0.29) is 25.2 Å². The number of amides is 1. The molecule has 0 bridgehead atoms. The monoisotopic (exact) mass is 409 g/mol. The number of hydrogen-bond acceptors (Lipinski definition) is 3. The Morgan fingerprint density at radius 3 is 1.97 bits per heavy atom. The van der Waals surface area contributed by atoms with Gasteiger partial charge in [0.05, 0.1) is 0 Å². The van der Waals surface area contributed by atoms with Crippen LogP contribution in [0, 0.1) is 0 Å². The molecule has 166 valence electrons. The lowest BCUT2D eigenvalue weighted by molar-refractivity contribution is -0.143. The summed E-state index contributed by atoms with van der Waals surface area (Å²) in [7, 11) is 0. The van der Waals surface area contributed by atoms with Gasteiger partial charge in [-0.3, -0.25) is 9.59 Å². The predicted octanol–water partition coefficient (Wildman–Crippen LogP) is 5.23. The Kier molecular flexibility index (Phi) is 17.8. The van der Waals surface area contributed by atoms with Crippen molar-refractivity contribution < 1.29 is 24.6 Å². The number of carboxylic acid groups (broad SMARTS) is 2. The highest BCUT2D eigenvalue weighted by Crippen LogP contribution is 2.09. The number of carbonyl (C=O) groups excluding carboxylic acids is 1. The van der Waals surface area contributed by atoms with Gasteiger partial charge < -0.3 is 15.5 Å². The van der Waals surface area contributed by atoms with E-state index in [1.807, 2.05) is 0 Å². The topological polar surface area (TPSA) is 104 Å². The molecule has 0 spiro atoms. The van der Waals surface area contributed by atoms with E-state index in [1.54, 1.807) is 0 Å². The molecular formula is C23H39NO5. The normalized spacial score (nSPS) is 12.4. The molecule has 29 heavy (non-hydrogen) atoms. The van der Waals surface area contributed by atoms with E-state index in [1.165, 1.54) is 25.7 Å². The SMILES string of the molecule is CCCCC/C=C\C/C=C\CCCCCCCC(=O)NC(CCC(=O)O)C(=O)O. The minimum absolute atomic E-state index is 0.0986. The molecule has 6 nitrogen and oxygen atoms in total. The fraction of sp³-hybridized carbons (Fsp3) is 0.696. The summed E-state index contributed by atoms with van der Waals surface area (Å²) >= 11 is 0. The van der Waals surface area contributed by atoms with Gasteiger partial charge in [-0.2, -0.15) is 0 Å². The van der Waals surface area contributed by atoms with Gasteiger partial charge in [-0.1, -0.05) is 63.3 Å². The van der Waals surface area contributed by atoms with Crippen LogP contribution in [0.5, 0.6) is 0 Å². The van der Waals surface area contributed by atoms with Gasteiger partial charge in [-0.25, -0.2) is 4.79 Å². The van der Waals surface area contributed by atoms with Gasteiger partial charge in [-0.15, -0.1) is 0 Å². The first-order chi connectivity index (χ1) is 14.0. The molecule has 1 unspecified atom stereocenters. The average Bonchev–Trinajstić information content (AvgIpc) is 2.67. The molecule has 0 fully saturated rings. The van der Waals surface area contributed by atoms with E-state index in [0.717, 1.165) is 44.9 Å². The summed E-state index contributed by atoms with van der Waals surface area (Å²) in [4.78, 5) is 33.4. The maximum Gasteiger partial charge on any atom is 0.326 e. The second-order valence-corrected chi connectivity index (χ2v) is 7.37. The highest BCUT2D eigenvalue weighted by Gasteiger charge is 2.20. The number of allylic oxidation sites excluding steroid dienone is 4. The molecule has 3 N–H and O–H groups in total. The van der Waals surface area contributed by atoms with Gasteiger partial charge in [0, 0.05) is 12.8 Å². The number of unbranched alkanes of at least 4 members (excludes halogenated alkanes) is 8.